The third-order valence-corrected chi connectivity index (χ3v) is 4.83. The van der Waals surface area contributed by atoms with Crippen LogP contribution < -0.4 is 4.74 Å². The van der Waals surface area contributed by atoms with Crippen LogP contribution in [-0.4, -0.2) is 54.9 Å². The minimum Gasteiger partial charge on any atom is -0.497 e. The Labute approximate surface area is 142 Å². The molecule has 0 aromatic heterocycles. The van der Waals surface area contributed by atoms with Crippen LogP contribution in [0.4, 0.5) is 0 Å². The molecule has 5 heteroatoms. The molecule has 1 aliphatic carbocycles. The maximum atomic E-state index is 12.6. The van der Waals surface area contributed by atoms with E-state index in [-0.39, 0.29) is 17.7 Å². The summed E-state index contributed by atoms with van der Waals surface area (Å²) in [6, 6.07) is 7.16. The van der Waals surface area contributed by atoms with E-state index in [0.29, 0.717) is 31.7 Å². The lowest BCUT2D eigenvalue weighted by atomic mass is 9.93. The fourth-order valence-corrected chi connectivity index (χ4v) is 3.32. The molecule has 1 aliphatic heterocycles. The molecular weight excluding hydrogens is 304 g/mol. The van der Waals surface area contributed by atoms with Gasteiger partial charge in [-0.05, 0) is 43.5 Å². The molecule has 2 amide bonds. The van der Waals surface area contributed by atoms with Crippen LogP contribution in [0.5, 0.6) is 5.75 Å². The van der Waals surface area contributed by atoms with Crippen LogP contribution in [0.25, 0.3) is 0 Å². The first kappa shape index (κ1) is 16.6. The predicted octanol–water partition coefficient (Wildman–Crippen LogP) is 2.34. The molecule has 2 aliphatic rings. The van der Waals surface area contributed by atoms with Gasteiger partial charge in [-0.15, -0.1) is 0 Å². The number of nitrogens with zero attached hydrogens (tertiary/aromatic N) is 2. The highest BCUT2D eigenvalue weighted by Gasteiger charge is 2.29. The highest BCUT2D eigenvalue weighted by molar-refractivity contribution is 5.94. The van der Waals surface area contributed by atoms with Gasteiger partial charge in [-0.3, -0.25) is 9.59 Å². The highest BCUT2D eigenvalue weighted by atomic mass is 16.5. The van der Waals surface area contributed by atoms with E-state index in [4.69, 9.17) is 4.74 Å². The van der Waals surface area contributed by atoms with Crippen molar-refractivity contribution in [2.45, 2.75) is 19.3 Å². The number of piperazine rings is 1. The summed E-state index contributed by atoms with van der Waals surface area (Å²) in [5, 5.41) is 0. The van der Waals surface area contributed by atoms with Gasteiger partial charge < -0.3 is 14.5 Å². The molecule has 24 heavy (non-hydrogen) atoms. The number of methoxy groups -OCH3 is 1. The summed E-state index contributed by atoms with van der Waals surface area (Å²) < 4.78 is 5.12. The number of hydrogen-bond acceptors (Lipinski definition) is 3. The zero-order valence-electron chi connectivity index (χ0n) is 14.1. The zero-order chi connectivity index (χ0) is 16.9. The molecule has 0 bridgehead atoms. The molecule has 0 spiro atoms. The van der Waals surface area contributed by atoms with Gasteiger partial charge in [0.15, 0.2) is 0 Å². The Morgan fingerprint density at radius 3 is 2.25 bits per heavy atom. The molecule has 128 valence electrons. The number of hydrogen-bond donors (Lipinski definition) is 0. The molecular formula is C19H24N2O3. The van der Waals surface area contributed by atoms with Crippen molar-refractivity contribution < 1.29 is 14.3 Å². The molecule has 5 nitrogen and oxygen atoms in total. The first-order valence-electron chi connectivity index (χ1n) is 8.56. The van der Waals surface area contributed by atoms with E-state index in [1.165, 1.54) is 0 Å². The smallest absolute Gasteiger partial charge is 0.253 e. The summed E-state index contributed by atoms with van der Waals surface area (Å²) in [5.74, 6) is 1.13. The SMILES string of the molecule is COc1ccc(C(=O)N2CCN(C(=O)[C@@H]3CC=CCC3)CC2)cc1. The first-order chi connectivity index (χ1) is 11.7. The summed E-state index contributed by atoms with van der Waals surface area (Å²) in [7, 11) is 1.61. The van der Waals surface area contributed by atoms with Gasteiger partial charge in [0.25, 0.3) is 5.91 Å². The monoisotopic (exact) mass is 328 g/mol. The summed E-state index contributed by atoms with van der Waals surface area (Å²) >= 11 is 0. The lowest BCUT2D eigenvalue weighted by molar-refractivity contribution is -0.137. The highest BCUT2D eigenvalue weighted by Crippen LogP contribution is 2.22. The van der Waals surface area contributed by atoms with Crippen molar-refractivity contribution in [3.05, 3.63) is 42.0 Å². The van der Waals surface area contributed by atoms with Gasteiger partial charge in [-0.2, -0.15) is 0 Å². The van der Waals surface area contributed by atoms with Crippen LogP contribution in [0.2, 0.25) is 0 Å². The fraction of sp³-hybridized carbons (Fsp3) is 0.474. The van der Waals surface area contributed by atoms with E-state index >= 15 is 0 Å². The molecule has 0 radical (unpaired) electrons. The Bertz CT molecular complexity index is 616. The quantitative estimate of drug-likeness (QED) is 0.800. The van der Waals surface area contributed by atoms with Crippen molar-refractivity contribution in [1.82, 2.24) is 9.80 Å². The molecule has 1 aromatic rings. The van der Waals surface area contributed by atoms with E-state index in [2.05, 4.69) is 12.2 Å². The van der Waals surface area contributed by atoms with E-state index < -0.39 is 0 Å². The van der Waals surface area contributed by atoms with Crippen molar-refractivity contribution >= 4 is 11.8 Å². The fourth-order valence-electron chi connectivity index (χ4n) is 3.32. The average molecular weight is 328 g/mol. The van der Waals surface area contributed by atoms with Crippen LogP contribution in [0, 0.1) is 5.92 Å². The third-order valence-electron chi connectivity index (χ3n) is 4.83. The molecule has 3 rings (SSSR count). The minimum atomic E-state index is 0.0188. The predicted molar refractivity (Wildman–Crippen MR) is 92.0 cm³/mol. The number of amides is 2. The second-order valence-electron chi connectivity index (χ2n) is 6.33. The molecule has 1 atom stereocenters. The maximum absolute atomic E-state index is 12.6. The van der Waals surface area contributed by atoms with Crippen LogP contribution in [0.15, 0.2) is 36.4 Å². The number of allylic oxidation sites excluding steroid dienone is 2. The lowest BCUT2D eigenvalue weighted by Crippen LogP contribution is -2.52. The number of rotatable bonds is 3. The largest absolute Gasteiger partial charge is 0.497 e. The summed E-state index contributed by atoms with van der Waals surface area (Å²) in [6.45, 7) is 2.44. The van der Waals surface area contributed by atoms with E-state index in [1.807, 2.05) is 9.80 Å². The molecule has 1 saturated heterocycles. The summed E-state index contributed by atoms with van der Waals surface area (Å²) in [5.41, 5.74) is 0.660. The second kappa shape index (κ2) is 7.51. The summed E-state index contributed by atoms with van der Waals surface area (Å²) in [4.78, 5) is 28.8. The van der Waals surface area contributed by atoms with Gasteiger partial charge in [-0.25, -0.2) is 0 Å². The molecule has 1 fully saturated rings. The Morgan fingerprint density at radius 1 is 1.00 bits per heavy atom. The number of carbonyl (C=O) groups excluding carboxylic acids is 2. The minimum absolute atomic E-state index is 0.0188. The van der Waals surface area contributed by atoms with Crippen LogP contribution in [0.1, 0.15) is 29.6 Å². The number of carbonyl (C=O) groups is 2. The van der Waals surface area contributed by atoms with Gasteiger partial charge in [0, 0.05) is 37.7 Å². The normalized spacial score (nSPS) is 20.8. The first-order valence-corrected chi connectivity index (χ1v) is 8.56. The van der Waals surface area contributed by atoms with Crippen molar-refractivity contribution in [3.63, 3.8) is 0 Å². The standard InChI is InChI=1S/C19H24N2O3/c1-24-17-9-7-16(8-10-17)19(23)21-13-11-20(12-14-21)18(22)15-5-3-2-4-6-15/h2-3,7-10,15H,4-6,11-14H2,1H3/t15-/m1/s1. The second-order valence-corrected chi connectivity index (χ2v) is 6.33. The van der Waals surface area contributed by atoms with E-state index in [0.717, 1.165) is 25.0 Å². The lowest BCUT2D eigenvalue weighted by Gasteiger charge is -2.36. The average Bonchev–Trinajstić information content (AvgIpc) is 2.68. The van der Waals surface area contributed by atoms with Crippen LogP contribution in [-0.2, 0) is 4.79 Å². The van der Waals surface area contributed by atoms with Crippen molar-refractivity contribution in [3.8, 4) is 5.75 Å². The topological polar surface area (TPSA) is 49.9 Å². The van der Waals surface area contributed by atoms with E-state index in [9.17, 15) is 9.59 Å². The Kier molecular flexibility index (Phi) is 5.18. The molecule has 0 N–H and O–H groups in total. The Balaban J connectivity index is 1.55. The zero-order valence-corrected chi connectivity index (χ0v) is 14.1. The van der Waals surface area contributed by atoms with Gasteiger partial charge in [0.1, 0.15) is 5.75 Å². The van der Waals surface area contributed by atoms with Crippen molar-refractivity contribution in [2.75, 3.05) is 33.3 Å². The van der Waals surface area contributed by atoms with Gasteiger partial charge in [0.2, 0.25) is 5.91 Å². The Morgan fingerprint density at radius 2 is 1.67 bits per heavy atom. The third kappa shape index (κ3) is 3.61. The molecule has 1 heterocycles. The van der Waals surface area contributed by atoms with Crippen LogP contribution in [0.3, 0.4) is 0 Å². The van der Waals surface area contributed by atoms with E-state index in [1.54, 1.807) is 31.4 Å². The van der Waals surface area contributed by atoms with Crippen molar-refractivity contribution in [1.29, 1.82) is 0 Å². The number of benzene rings is 1. The Hall–Kier alpha value is -2.30. The molecule has 1 aromatic carbocycles. The van der Waals surface area contributed by atoms with Gasteiger partial charge in [-0.1, -0.05) is 12.2 Å². The molecule has 0 unspecified atom stereocenters. The molecule has 0 saturated carbocycles. The van der Waals surface area contributed by atoms with Crippen molar-refractivity contribution in [2.24, 2.45) is 5.92 Å². The van der Waals surface area contributed by atoms with Gasteiger partial charge >= 0.3 is 0 Å². The van der Waals surface area contributed by atoms with Gasteiger partial charge in [0.05, 0.1) is 7.11 Å². The van der Waals surface area contributed by atoms with Crippen LogP contribution >= 0.6 is 0 Å². The maximum Gasteiger partial charge on any atom is 0.253 e. The summed E-state index contributed by atoms with van der Waals surface area (Å²) in [6.07, 6.45) is 7.04. The number of ether oxygens (including phenoxy) is 1.